The van der Waals surface area contributed by atoms with Crippen molar-refractivity contribution in [1.29, 1.82) is 0 Å². The highest BCUT2D eigenvalue weighted by atomic mass is 16.3. The van der Waals surface area contributed by atoms with Crippen molar-refractivity contribution in [2.45, 2.75) is 0 Å². The SMILES string of the molecule is c1ccc(-c2nc(-c3ccc4ccccc4c3)nc(-c3ccc(-n4c5ccccc5c5cc6ccccc6cc54)cc3-c3cccc4oc5c6ccccc6ccc5c34)n2)cc1. The van der Waals surface area contributed by atoms with E-state index in [4.69, 9.17) is 19.4 Å². The molecule has 0 N–H and O–H groups in total. The minimum atomic E-state index is 0.590. The van der Waals surface area contributed by atoms with E-state index in [2.05, 4.69) is 193 Å². The molecular weight excluding hydrogens is 757 g/mol. The maximum atomic E-state index is 6.77. The third-order valence-electron chi connectivity index (χ3n) is 12.4. The number of hydrogen-bond donors (Lipinski definition) is 0. The van der Waals surface area contributed by atoms with E-state index in [0.29, 0.717) is 17.5 Å². The van der Waals surface area contributed by atoms with Crippen molar-refractivity contribution in [1.82, 2.24) is 19.5 Å². The van der Waals surface area contributed by atoms with Gasteiger partial charge in [-0.3, -0.25) is 0 Å². The summed E-state index contributed by atoms with van der Waals surface area (Å²) in [5.74, 6) is 1.82. The van der Waals surface area contributed by atoms with E-state index in [1.165, 1.54) is 21.5 Å². The maximum Gasteiger partial charge on any atom is 0.164 e. The summed E-state index contributed by atoms with van der Waals surface area (Å²) in [6.07, 6.45) is 0. The molecule has 3 aromatic heterocycles. The predicted octanol–water partition coefficient (Wildman–Crippen LogP) is 15.0. The monoisotopic (exact) mass is 790 g/mol. The van der Waals surface area contributed by atoms with E-state index in [-0.39, 0.29) is 0 Å². The predicted molar refractivity (Wildman–Crippen MR) is 256 cm³/mol. The lowest BCUT2D eigenvalue weighted by atomic mass is 9.93. The molecule has 0 saturated heterocycles. The van der Waals surface area contributed by atoms with Crippen LogP contribution in [0.3, 0.4) is 0 Å². The van der Waals surface area contributed by atoms with Gasteiger partial charge >= 0.3 is 0 Å². The lowest BCUT2D eigenvalue weighted by Crippen LogP contribution is -2.02. The Balaban J connectivity index is 1.12. The summed E-state index contributed by atoms with van der Waals surface area (Å²) in [6, 6.07) is 72.8. The number of benzene rings is 10. The van der Waals surface area contributed by atoms with Crippen LogP contribution in [-0.2, 0) is 0 Å². The average Bonchev–Trinajstić information content (AvgIpc) is 3.89. The Labute approximate surface area is 355 Å². The molecule has 0 spiro atoms. The molecule has 0 saturated carbocycles. The fraction of sp³-hybridized carbons (Fsp3) is 0. The number of hydrogen-bond acceptors (Lipinski definition) is 4. The molecule has 0 aliphatic heterocycles. The Bertz CT molecular complexity index is 3940. The van der Waals surface area contributed by atoms with Gasteiger partial charge in [0.05, 0.1) is 11.0 Å². The second-order valence-electron chi connectivity index (χ2n) is 16.0. The molecule has 0 unspecified atom stereocenters. The number of furan rings is 1. The van der Waals surface area contributed by atoms with Crippen molar-refractivity contribution in [2.75, 3.05) is 0 Å². The highest BCUT2D eigenvalue weighted by Gasteiger charge is 2.22. The van der Waals surface area contributed by atoms with Gasteiger partial charge in [0.25, 0.3) is 0 Å². The lowest BCUT2D eigenvalue weighted by Gasteiger charge is -2.16. The number of para-hydroxylation sites is 1. The van der Waals surface area contributed by atoms with Gasteiger partial charge in [0.15, 0.2) is 17.5 Å². The zero-order valence-electron chi connectivity index (χ0n) is 33.3. The molecule has 10 aromatic carbocycles. The van der Waals surface area contributed by atoms with E-state index >= 15 is 0 Å². The summed E-state index contributed by atoms with van der Waals surface area (Å²) in [6.45, 7) is 0. The van der Waals surface area contributed by atoms with Gasteiger partial charge in [-0.05, 0) is 92.7 Å². The van der Waals surface area contributed by atoms with Crippen LogP contribution in [-0.4, -0.2) is 19.5 Å². The molecule has 0 aliphatic rings. The summed E-state index contributed by atoms with van der Waals surface area (Å²) < 4.78 is 9.17. The van der Waals surface area contributed by atoms with Gasteiger partial charge < -0.3 is 8.98 Å². The van der Waals surface area contributed by atoms with Crippen LogP contribution in [0.2, 0.25) is 0 Å². The second-order valence-corrected chi connectivity index (χ2v) is 16.0. The first kappa shape index (κ1) is 34.5. The highest BCUT2D eigenvalue weighted by molar-refractivity contribution is 6.20. The van der Waals surface area contributed by atoms with Crippen LogP contribution in [0.15, 0.2) is 211 Å². The molecular formula is C57H34N4O. The summed E-state index contributed by atoms with van der Waals surface area (Å²) in [5.41, 5.74) is 9.79. The largest absolute Gasteiger partial charge is 0.455 e. The standard InChI is InChI=1S/C57H34N4O/c1-2-15-37(16-3-1)55-58-56(41-26-25-35-13-4-5-17-38(35)31-41)60-57(59-55)46-30-28-42(61-50-23-11-10-21-44(50)49-32-39-18-6-7-19-40(39)33-51(49)61)34-48(46)45-22-12-24-52-53(45)47-29-27-36-14-8-9-20-43(36)54(47)62-52/h1-34H. The Morgan fingerprint density at radius 1 is 0.339 bits per heavy atom. The van der Waals surface area contributed by atoms with Crippen LogP contribution in [0, 0.1) is 0 Å². The van der Waals surface area contributed by atoms with E-state index in [1.807, 2.05) is 18.2 Å². The molecule has 13 rings (SSSR count). The maximum absolute atomic E-state index is 6.77. The fourth-order valence-electron chi connectivity index (χ4n) is 9.47. The fourth-order valence-corrected chi connectivity index (χ4v) is 9.47. The van der Waals surface area contributed by atoms with Gasteiger partial charge in [-0.2, -0.15) is 0 Å². The van der Waals surface area contributed by atoms with Gasteiger partial charge in [0, 0.05) is 49.3 Å². The Kier molecular flexibility index (Phi) is 7.54. The summed E-state index contributed by atoms with van der Waals surface area (Å²) >= 11 is 0. The Morgan fingerprint density at radius 2 is 1.00 bits per heavy atom. The molecule has 0 bridgehead atoms. The number of aromatic nitrogens is 4. The number of fused-ring (bicyclic) bond motifs is 10. The van der Waals surface area contributed by atoms with Gasteiger partial charge in [0.1, 0.15) is 11.2 Å². The highest BCUT2D eigenvalue weighted by Crippen LogP contribution is 2.44. The second kappa shape index (κ2) is 13.6. The zero-order valence-corrected chi connectivity index (χ0v) is 33.3. The molecule has 288 valence electrons. The molecule has 0 radical (unpaired) electrons. The van der Waals surface area contributed by atoms with Gasteiger partial charge in [-0.25, -0.2) is 15.0 Å². The normalized spacial score (nSPS) is 11.9. The minimum Gasteiger partial charge on any atom is -0.455 e. The average molecular weight is 791 g/mol. The number of nitrogens with zero attached hydrogens (tertiary/aromatic N) is 4. The van der Waals surface area contributed by atoms with Crippen molar-refractivity contribution in [3.05, 3.63) is 206 Å². The molecule has 3 heterocycles. The minimum absolute atomic E-state index is 0.590. The Morgan fingerprint density at radius 3 is 1.84 bits per heavy atom. The van der Waals surface area contributed by atoms with E-state index < -0.39 is 0 Å². The summed E-state index contributed by atoms with van der Waals surface area (Å²) in [7, 11) is 0. The van der Waals surface area contributed by atoms with Crippen LogP contribution in [0.4, 0.5) is 0 Å². The molecule has 5 heteroatoms. The Hall–Kier alpha value is -8.41. The van der Waals surface area contributed by atoms with Gasteiger partial charge in [0.2, 0.25) is 0 Å². The van der Waals surface area contributed by atoms with E-state index in [1.54, 1.807) is 0 Å². The van der Waals surface area contributed by atoms with Crippen molar-refractivity contribution in [3.63, 3.8) is 0 Å². The summed E-state index contributed by atoms with van der Waals surface area (Å²) in [4.78, 5) is 15.8. The molecule has 0 fully saturated rings. The van der Waals surface area contributed by atoms with Crippen LogP contribution in [0.25, 0.3) is 127 Å². The molecule has 5 nitrogen and oxygen atoms in total. The summed E-state index contributed by atoms with van der Waals surface area (Å²) in [5, 5.41) is 11.5. The third-order valence-corrected chi connectivity index (χ3v) is 12.4. The molecule has 13 aromatic rings. The van der Waals surface area contributed by atoms with Crippen molar-refractivity contribution >= 4 is 76.1 Å². The van der Waals surface area contributed by atoms with E-state index in [9.17, 15) is 0 Å². The van der Waals surface area contributed by atoms with Crippen molar-refractivity contribution in [2.24, 2.45) is 0 Å². The smallest absolute Gasteiger partial charge is 0.164 e. The topological polar surface area (TPSA) is 56.7 Å². The first-order valence-corrected chi connectivity index (χ1v) is 20.9. The number of rotatable bonds is 5. The van der Waals surface area contributed by atoms with Gasteiger partial charge in [-0.1, -0.05) is 152 Å². The molecule has 0 atom stereocenters. The molecule has 62 heavy (non-hydrogen) atoms. The molecule has 0 amide bonds. The lowest BCUT2D eigenvalue weighted by molar-refractivity contribution is 0.673. The zero-order chi connectivity index (χ0) is 40.7. The van der Waals surface area contributed by atoms with Gasteiger partial charge in [-0.15, -0.1) is 0 Å². The first-order chi connectivity index (χ1) is 30.7. The van der Waals surface area contributed by atoms with Crippen LogP contribution >= 0.6 is 0 Å². The molecule has 0 aliphatic carbocycles. The third kappa shape index (κ3) is 5.38. The van der Waals surface area contributed by atoms with Crippen LogP contribution in [0.5, 0.6) is 0 Å². The van der Waals surface area contributed by atoms with E-state index in [0.717, 1.165) is 88.0 Å². The van der Waals surface area contributed by atoms with Crippen LogP contribution in [0.1, 0.15) is 0 Å². The first-order valence-electron chi connectivity index (χ1n) is 20.9. The van der Waals surface area contributed by atoms with Crippen LogP contribution < -0.4 is 0 Å². The van der Waals surface area contributed by atoms with Crippen molar-refractivity contribution < 1.29 is 4.42 Å². The van der Waals surface area contributed by atoms with Crippen molar-refractivity contribution in [3.8, 4) is 51.0 Å². The quantitative estimate of drug-likeness (QED) is 0.174.